The van der Waals surface area contributed by atoms with E-state index in [1.807, 2.05) is 0 Å². The third-order valence-electron chi connectivity index (χ3n) is 3.91. The number of hydrogen-bond donors (Lipinski definition) is 1. The molecule has 0 bridgehead atoms. The monoisotopic (exact) mass is 373 g/mol. The molecule has 1 N–H and O–H groups in total. The van der Waals surface area contributed by atoms with Gasteiger partial charge in [0, 0.05) is 23.8 Å². The normalized spacial score (nSPS) is 10.6. The van der Waals surface area contributed by atoms with Gasteiger partial charge in [-0.3, -0.25) is 4.79 Å². The summed E-state index contributed by atoms with van der Waals surface area (Å²) in [5.41, 5.74) is 1.86. The lowest BCUT2D eigenvalue weighted by molar-refractivity contribution is 0.0952. The summed E-state index contributed by atoms with van der Waals surface area (Å²) in [6, 6.07) is 10.5. The van der Waals surface area contributed by atoms with Gasteiger partial charge in [-0.05, 0) is 36.2 Å². The number of carbonyl (C=O) groups is 1. The molecule has 146 valence electrons. The molecule has 0 heterocycles. The van der Waals surface area contributed by atoms with Gasteiger partial charge in [0.15, 0.2) is 0 Å². The van der Waals surface area contributed by atoms with Gasteiger partial charge in [-0.15, -0.1) is 0 Å². The predicted molar refractivity (Wildman–Crippen MR) is 105 cm³/mol. The summed E-state index contributed by atoms with van der Waals surface area (Å²) in [5, 5.41) is 2.87. The molecule has 0 unspecified atom stereocenters. The van der Waals surface area contributed by atoms with Gasteiger partial charge in [0.2, 0.25) is 0 Å². The van der Waals surface area contributed by atoms with Crippen LogP contribution in [0.4, 0.5) is 5.69 Å². The SMILES string of the molecule is COc1ccc(OC)c(NC(=O)c2ccc(OC)c(COCC(C)C)c2)c1. The predicted octanol–water partition coefficient (Wildman–Crippen LogP) is 4.14. The standard InChI is InChI=1S/C21H27NO5/c1-14(2)12-27-13-16-10-15(6-8-19(16)25-4)21(23)22-18-11-17(24-3)7-9-20(18)26-5/h6-11,14H,12-13H2,1-5H3,(H,22,23). The van der Waals surface area contributed by atoms with Crippen molar-refractivity contribution in [3.8, 4) is 17.2 Å². The van der Waals surface area contributed by atoms with Gasteiger partial charge in [-0.1, -0.05) is 13.8 Å². The third-order valence-corrected chi connectivity index (χ3v) is 3.91. The number of hydrogen-bond acceptors (Lipinski definition) is 5. The number of benzene rings is 2. The second kappa shape index (κ2) is 9.83. The third kappa shape index (κ3) is 5.62. The fourth-order valence-electron chi connectivity index (χ4n) is 2.54. The van der Waals surface area contributed by atoms with Crippen molar-refractivity contribution in [2.45, 2.75) is 20.5 Å². The molecule has 6 nitrogen and oxygen atoms in total. The maximum Gasteiger partial charge on any atom is 0.255 e. The molecule has 0 fully saturated rings. The van der Waals surface area contributed by atoms with E-state index < -0.39 is 0 Å². The molecule has 2 aromatic rings. The van der Waals surface area contributed by atoms with E-state index in [-0.39, 0.29) is 5.91 Å². The smallest absolute Gasteiger partial charge is 0.255 e. The Hall–Kier alpha value is -2.73. The minimum Gasteiger partial charge on any atom is -0.497 e. The molecule has 0 aromatic heterocycles. The van der Waals surface area contributed by atoms with Gasteiger partial charge >= 0.3 is 0 Å². The van der Waals surface area contributed by atoms with Crippen LogP contribution < -0.4 is 19.5 Å². The largest absolute Gasteiger partial charge is 0.497 e. The molecule has 2 aromatic carbocycles. The first kappa shape index (κ1) is 20.6. The molecular formula is C21H27NO5. The molecule has 0 radical (unpaired) electrons. The summed E-state index contributed by atoms with van der Waals surface area (Å²) in [6.07, 6.45) is 0. The van der Waals surface area contributed by atoms with Crippen LogP contribution in [0.25, 0.3) is 0 Å². The molecule has 1 amide bonds. The number of carbonyl (C=O) groups excluding carboxylic acids is 1. The van der Waals surface area contributed by atoms with Crippen molar-refractivity contribution < 1.29 is 23.7 Å². The quantitative estimate of drug-likeness (QED) is 0.716. The van der Waals surface area contributed by atoms with Crippen LogP contribution in [-0.4, -0.2) is 33.8 Å². The highest BCUT2D eigenvalue weighted by Crippen LogP contribution is 2.30. The Morgan fingerprint density at radius 3 is 2.30 bits per heavy atom. The molecule has 6 heteroatoms. The molecule has 0 spiro atoms. The second-order valence-corrected chi connectivity index (χ2v) is 6.46. The Morgan fingerprint density at radius 1 is 0.963 bits per heavy atom. The summed E-state index contributed by atoms with van der Waals surface area (Å²) in [5.74, 6) is 2.05. The van der Waals surface area contributed by atoms with Crippen molar-refractivity contribution >= 4 is 11.6 Å². The van der Waals surface area contributed by atoms with E-state index >= 15 is 0 Å². The first-order valence-corrected chi connectivity index (χ1v) is 8.76. The van der Waals surface area contributed by atoms with E-state index in [0.717, 1.165) is 5.56 Å². The zero-order valence-electron chi connectivity index (χ0n) is 16.5. The number of ether oxygens (including phenoxy) is 4. The van der Waals surface area contributed by atoms with E-state index in [9.17, 15) is 4.79 Å². The van der Waals surface area contributed by atoms with Gasteiger partial charge in [-0.2, -0.15) is 0 Å². The number of anilines is 1. The lowest BCUT2D eigenvalue weighted by Crippen LogP contribution is -2.13. The van der Waals surface area contributed by atoms with E-state index in [1.54, 1.807) is 57.7 Å². The van der Waals surface area contributed by atoms with Crippen LogP contribution >= 0.6 is 0 Å². The van der Waals surface area contributed by atoms with Crippen LogP contribution in [0.5, 0.6) is 17.2 Å². The highest BCUT2D eigenvalue weighted by molar-refractivity contribution is 6.05. The average molecular weight is 373 g/mol. The van der Waals surface area contributed by atoms with Crippen molar-refractivity contribution in [1.82, 2.24) is 0 Å². The van der Waals surface area contributed by atoms with Crippen LogP contribution in [0.3, 0.4) is 0 Å². The molecule has 2 rings (SSSR count). The maximum atomic E-state index is 12.7. The van der Waals surface area contributed by atoms with E-state index in [1.165, 1.54) is 0 Å². The summed E-state index contributed by atoms with van der Waals surface area (Å²) in [6.45, 7) is 5.19. The zero-order valence-corrected chi connectivity index (χ0v) is 16.5. The number of nitrogens with one attached hydrogen (secondary N) is 1. The second-order valence-electron chi connectivity index (χ2n) is 6.46. The zero-order chi connectivity index (χ0) is 19.8. The Balaban J connectivity index is 2.21. The highest BCUT2D eigenvalue weighted by atomic mass is 16.5. The van der Waals surface area contributed by atoms with Gasteiger partial charge in [-0.25, -0.2) is 0 Å². The van der Waals surface area contributed by atoms with E-state index in [4.69, 9.17) is 18.9 Å². The lowest BCUT2D eigenvalue weighted by Gasteiger charge is -2.14. The molecule has 0 aliphatic rings. The van der Waals surface area contributed by atoms with Crippen LogP contribution in [0.1, 0.15) is 29.8 Å². The Bertz CT molecular complexity index is 773. The van der Waals surface area contributed by atoms with Gasteiger partial charge in [0.25, 0.3) is 5.91 Å². The van der Waals surface area contributed by atoms with Crippen molar-refractivity contribution in [2.24, 2.45) is 5.92 Å². The van der Waals surface area contributed by atoms with Gasteiger partial charge in [0.1, 0.15) is 17.2 Å². The minimum absolute atomic E-state index is 0.255. The van der Waals surface area contributed by atoms with Gasteiger partial charge in [0.05, 0.1) is 33.6 Å². The first-order valence-electron chi connectivity index (χ1n) is 8.76. The van der Waals surface area contributed by atoms with Gasteiger partial charge < -0.3 is 24.3 Å². The molecular weight excluding hydrogens is 346 g/mol. The average Bonchev–Trinajstić information content (AvgIpc) is 2.67. The topological polar surface area (TPSA) is 66.0 Å². The van der Waals surface area contributed by atoms with Crippen molar-refractivity contribution in [1.29, 1.82) is 0 Å². The fraction of sp³-hybridized carbons (Fsp3) is 0.381. The van der Waals surface area contributed by atoms with Crippen molar-refractivity contribution in [2.75, 3.05) is 33.3 Å². The van der Waals surface area contributed by atoms with E-state index in [0.29, 0.717) is 47.6 Å². The number of rotatable bonds is 9. The Labute approximate surface area is 160 Å². The summed E-state index contributed by atoms with van der Waals surface area (Å²) in [4.78, 5) is 12.7. The van der Waals surface area contributed by atoms with Crippen molar-refractivity contribution in [3.05, 3.63) is 47.5 Å². The molecule has 0 aliphatic heterocycles. The fourth-order valence-corrected chi connectivity index (χ4v) is 2.54. The summed E-state index contributed by atoms with van der Waals surface area (Å²) >= 11 is 0. The molecule has 0 aliphatic carbocycles. The number of amides is 1. The van der Waals surface area contributed by atoms with Crippen LogP contribution in [0.2, 0.25) is 0 Å². The summed E-state index contributed by atoms with van der Waals surface area (Å²) in [7, 11) is 4.72. The summed E-state index contributed by atoms with van der Waals surface area (Å²) < 4.78 is 21.6. The maximum absolute atomic E-state index is 12.7. The highest BCUT2D eigenvalue weighted by Gasteiger charge is 2.14. The van der Waals surface area contributed by atoms with E-state index in [2.05, 4.69) is 19.2 Å². The molecule has 0 saturated heterocycles. The Kier molecular flexibility index (Phi) is 7.49. The first-order chi connectivity index (χ1) is 13.0. The van der Waals surface area contributed by atoms with Crippen molar-refractivity contribution in [3.63, 3.8) is 0 Å². The van der Waals surface area contributed by atoms with Crippen LogP contribution in [-0.2, 0) is 11.3 Å². The number of methoxy groups -OCH3 is 3. The minimum atomic E-state index is -0.255. The molecule has 0 saturated carbocycles. The molecule has 0 atom stereocenters. The lowest BCUT2D eigenvalue weighted by atomic mass is 10.1. The molecule has 27 heavy (non-hydrogen) atoms. The Morgan fingerprint density at radius 2 is 1.67 bits per heavy atom. The van der Waals surface area contributed by atoms with Crippen LogP contribution in [0.15, 0.2) is 36.4 Å². The van der Waals surface area contributed by atoms with Crippen LogP contribution in [0, 0.1) is 5.92 Å².